The van der Waals surface area contributed by atoms with Crippen molar-refractivity contribution in [2.24, 2.45) is 0 Å². The molecule has 0 aliphatic heterocycles. The van der Waals surface area contributed by atoms with Crippen molar-refractivity contribution in [2.75, 3.05) is 6.54 Å². The van der Waals surface area contributed by atoms with E-state index in [9.17, 15) is 9.18 Å². The summed E-state index contributed by atoms with van der Waals surface area (Å²) in [5, 5.41) is 2.65. The highest BCUT2D eigenvalue weighted by atomic mass is 35.5. The molecule has 0 aliphatic carbocycles. The first-order valence-corrected chi connectivity index (χ1v) is 6.03. The first-order chi connectivity index (χ1) is 9.16. The van der Waals surface area contributed by atoms with Crippen molar-refractivity contribution >= 4 is 17.5 Å². The molecule has 19 heavy (non-hydrogen) atoms. The van der Waals surface area contributed by atoms with Gasteiger partial charge in [-0.15, -0.1) is 0 Å². The van der Waals surface area contributed by atoms with Crippen LogP contribution in [0.15, 0.2) is 36.8 Å². The van der Waals surface area contributed by atoms with Gasteiger partial charge in [-0.05, 0) is 30.2 Å². The number of rotatable bonds is 4. The van der Waals surface area contributed by atoms with Gasteiger partial charge in [0.2, 0.25) is 0 Å². The van der Waals surface area contributed by atoms with Crippen molar-refractivity contribution < 1.29 is 9.18 Å². The molecule has 0 radical (unpaired) electrons. The molecule has 0 saturated heterocycles. The summed E-state index contributed by atoms with van der Waals surface area (Å²) in [7, 11) is 0. The lowest BCUT2D eigenvalue weighted by atomic mass is 10.2. The second-order valence-corrected chi connectivity index (χ2v) is 4.21. The van der Waals surface area contributed by atoms with Gasteiger partial charge >= 0.3 is 0 Å². The van der Waals surface area contributed by atoms with Crippen molar-refractivity contribution in [3.8, 4) is 0 Å². The fourth-order valence-corrected chi connectivity index (χ4v) is 1.74. The lowest BCUT2D eigenvalue weighted by Gasteiger charge is -2.06. The Kier molecular flexibility index (Phi) is 4.41. The predicted molar refractivity (Wildman–Crippen MR) is 69.5 cm³/mol. The van der Waals surface area contributed by atoms with Gasteiger partial charge in [0.05, 0.1) is 11.8 Å². The van der Waals surface area contributed by atoms with E-state index in [0.29, 0.717) is 13.0 Å². The second kappa shape index (κ2) is 6.24. The molecule has 1 amide bonds. The molecular weight excluding hydrogens is 269 g/mol. The number of halogens is 2. The lowest BCUT2D eigenvalue weighted by Crippen LogP contribution is -2.26. The number of amides is 1. The molecule has 0 spiro atoms. The molecule has 2 aromatic heterocycles. The molecule has 2 heterocycles. The summed E-state index contributed by atoms with van der Waals surface area (Å²) in [4.78, 5) is 19.3. The molecule has 4 nitrogen and oxygen atoms in total. The summed E-state index contributed by atoms with van der Waals surface area (Å²) in [5.41, 5.74) is 1.09. The Balaban J connectivity index is 1.93. The number of aromatic nitrogens is 2. The molecular formula is C13H11ClFN3O. The standard InChI is InChI=1S/C13H11ClFN3O/c14-12-11(7-10(15)8-18-12)13(19)17-6-3-9-1-4-16-5-2-9/h1-2,4-5,7-8H,3,6H2,(H,17,19). The van der Waals surface area contributed by atoms with Gasteiger partial charge in [0.25, 0.3) is 5.91 Å². The highest BCUT2D eigenvalue weighted by molar-refractivity contribution is 6.32. The summed E-state index contributed by atoms with van der Waals surface area (Å²) in [6, 6.07) is 4.79. The SMILES string of the molecule is O=C(NCCc1ccncc1)c1cc(F)cnc1Cl. The minimum atomic E-state index is -0.594. The zero-order valence-electron chi connectivity index (χ0n) is 9.94. The van der Waals surface area contributed by atoms with Crippen LogP contribution in [0.1, 0.15) is 15.9 Å². The zero-order valence-corrected chi connectivity index (χ0v) is 10.7. The van der Waals surface area contributed by atoms with Crippen LogP contribution in [-0.2, 0) is 6.42 Å². The minimum Gasteiger partial charge on any atom is -0.352 e. The van der Waals surface area contributed by atoms with Crippen LogP contribution in [0.5, 0.6) is 0 Å². The van der Waals surface area contributed by atoms with Crippen LogP contribution >= 0.6 is 11.6 Å². The van der Waals surface area contributed by atoms with E-state index in [1.807, 2.05) is 12.1 Å². The number of hydrogen-bond acceptors (Lipinski definition) is 3. The number of nitrogens with zero attached hydrogens (tertiary/aromatic N) is 2. The Hall–Kier alpha value is -2.01. The van der Waals surface area contributed by atoms with Gasteiger partial charge in [0.1, 0.15) is 11.0 Å². The Morgan fingerprint density at radius 2 is 2.11 bits per heavy atom. The number of hydrogen-bond donors (Lipinski definition) is 1. The molecule has 2 rings (SSSR count). The van der Waals surface area contributed by atoms with E-state index in [2.05, 4.69) is 15.3 Å². The summed E-state index contributed by atoms with van der Waals surface area (Å²) in [6.45, 7) is 0.426. The number of carbonyl (C=O) groups excluding carboxylic acids is 1. The molecule has 0 aromatic carbocycles. The molecule has 2 aromatic rings. The smallest absolute Gasteiger partial charge is 0.254 e. The second-order valence-electron chi connectivity index (χ2n) is 3.85. The molecule has 6 heteroatoms. The third-order valence-corrected chi connectivity index (χ3v) is 2.80. The van der Waals surface area contributed by atoms with Crippen LogP contribution in [0.3, 0.4) is 0 Å². The number of carbonyl (C=O) groups is 1. The van der Waals surface area contributed by atoms with Crippen molar-refractivity contribution in [2.45, 2.75) is 6.42 Å². The fourth-order valence-electron chi connectivity index (χ4n) is 1.55. The summed E-state index contributed by atoms with van der Waals surface area (Å²) in [5.74, 6) is -1.03. The normalized spacial score (nSPS) is 10.2. The van der Waals surface area contributed by atoms with Crippen molar-refractivity contribution in [1.82, 2.24) is 15.3 Å². The van der Waals surface area contributed by atoms with Crippen LogP contribution in [0, 0.1) is 5.82 Å². The van der Waals surface area contributed by atoms with Crippen LogP contribution in [0.2, 0.25) is 5.15 Å². The summed E-state index contributed by atoms with van der Waals surface area (Å²) < 4.78 is 13.0. The third-order valence-electron chi connectivity index (χ3n) is 2.50. The Morgan fingerprint density at radius 1 is 1.37 bits per heavy atom. The molecule has 0 fully saturated rings. The van der Waals surface area contributed by atoms with Crippen molar-refractivity contribution in [3.05, 3.63) is 58.9 Å². The summed E-state index contributed by atoms with van der Waals surface area (Å²) in [6.07, 6.45) is 5.00. The predicted octanol–water partition coefficient (Wildman–Crippen LogP) is 2.24. The van der Waals surface area contributed by atoms with Gasteiger partial charge in [-0.2, -0.15) is 0 Å². The quantitative estimate of drug-likeness (QED) is 0.873. The van der Waals surface area contributed by atoms with Gasteiger partial charge in [-0.1, -0.05) is 11.6 Å². The maximum atomic E-state index is 13.0. The molecule has 0 unspecified atom stereocenters. The van der Waals surface area contributed by atoms with Crippen LogP contribution in [0.4, 0.5) is 4.39 Å². The van der Waals surface area contributed by atoms with Crippen molar-refractivity contribution in [1.29, 1.82) is 0 Å². The molecule has 98 valence electrons. The lowest BCUT2D eigenvalue weighted by molar-refractivity contribution is 0.0953. The minimum absolute atomic E-state index is 0.0113. The van der Waals surface area contributed by atoms with E-state index in [4.69, 9.17) is 11.6 Å². The Bertz CT molecular complexity index is 577. The van der Waals surface area contributed by atoms with Gasteiger partial charge in [0.15, 0.2) is 0 Å². The largest absolute Gasteiger partial charge is 0.352 e. The molecule has 0 atom stereocenters. The van der Waals surface area contributed by atoms with E-state index in [1.54, 1.807) is 12.4 Å². The highest BCUT2D eigenvalue weighted by Crippen LogP contribution is 2.13. The topological polar surface area (TPSA) is 54.9 Å². The fraction of sp³-hybridized carbons (Fsp3) is 0.154. The Labute approximate surface area is 114 Å². The van der Waals surface area contributed by atoms with E-state index >= 15 is 0 Å². The molecule has 0 saturated carbocycles. The van der Waals surface area contributed by atoms with Crippen LogP contribution in [0.25, 0.3) is 0 Å². The highest BCUT2D eigenvalue weighted by Gasteiger charge is 2.12. The zero-order chi connectivity index (χ0) is 13.7. The molecule has 0 aliphatic rings. The average Bonchev–Trinajstić information content (AvgIpc) is 2.42. The van der Waals surface area contributed by atoms with Gasteiger partial charge in [-0.25, -0.2) is 9.37 Å². The maximum absolute atomic E-state index is 13.0. The van der Waals surface area contributed by atoms with Crippen molar-refractivity contribution in [3.63, 3.8) is 0 Å². The maximum Gasteiger partial charge on any atom is 0.254 e. The Morgan fingerprint density at radius 3 is 2.84 bits per heavy atom. The number of nitrogens with one attached hydrogen (secondary N) is 1. The third kappa shape index (κ3) is 3.72. The van der Waals surface area contributed by atoms with Crippen LogP contribution < -0.4 is 5.32 Å². The first-order valence-electron chi connectivity index (χ1n) is 5.65. The number of pyridine rings is 2. The van der Waals surface area contributed by atoms with E-state index in [-0.39, 0.29) is 10.7 Å². The van der Waals surface area contributed by atoms with E-state index in [1.165, 1.54) is 0 Å². The molecule has 0 bridgehead atoms. The van der Waals surface area contributed by atoms with Gasteiger partial charge < -0.3 is 5.32 Å². The van der Waals surface area contributed by atoms with E-state index < -0.39 is 11.7 Å². The first kappa shape index (κ1) is 13.4. The monoisotopic (exact) mass is 279 g/mol. The van der Waals surface area contributed by atoms with Crippen LogP contribution in [-0.4, -0.2) is 22.4 Å². The average molecular weight is 280 g/mol. The van der Waals surface area contributed by atoms with E-state index in [0.717, 1.165) is 17.8 Å². The summed E-state index contributed by atoms with van der Waals surface area (Å²) >= 11 is 5.74. The van der Waals surface area contributed by atoms with Gasteiger partial charge in [0, 0.05) is 18.9 Å². The van der Waals surface area contributed by atoms with Gasteiger partial charge in [-0.3, -0.25) is 9.78 Å². The molecule has 1 N–H and O–H groups in total.